The first-order valence-electron chi connectivity index (χ1n) is 6.39. The molecule has 3 nitrogen and oxygen atoms in total. The highest BCUT2D eigenvalue weighted by Gasteiger charge is 2.37. The number of carbonyl (C=O) groups excluding carboxylic acids is 1. The highest BCUT2D eigenvalue weighted by atomic mass is 79.9. The van der Waals surface area contributed by atoms with Crippen molar-refractivity contribution in [3.63, 3.8) is 0 Å². The van der Waals surface area contributed by atoms with Gasteiger partial charge in [0.15, 0.2) is 29.1 Å². The molecular weight excluding hydrogens is 465 g/mol. The predicted molar refractivity (Wildman–Crippen MR) is 75.8 cm³/mol. The standard InChI is InChI=1S/C14H3BrF9NO2/c15-14(23,24)13(27)25-12-3(26)1-2(16)4(8(12)19)5-6(17)9(20)11(22)10(21)7(5)18/h1,26H,(H,25,27). The molecule has 13 heteroatoms. The summed E-state index contributed by atoms with van der Waals surface area (Å²) in [6.07, 6.45) is 0. The van der Waals surface area contributed by atoms with E-state index in [1.165, 1.54) is 0 Å². The van der Waals surface area contributed by atoms with E-state index in [0.717, 1.165) is 5.32 Å². The molecule has 146 valence electrons. The van der Waals surface area contributed by atoms with Gasteiger partial charge in [-0.05, 0) is 0 Å². The number of rotatable bonds is 3. The van der Waals surface area contributed by atoms with Crippen LogP contribution in [0, 0.1) is 40.7 Å². The number of anilines is 1. The van der Waals surface area contributed by atoms with Gasteiger partial charge in [-0.15, -0.1) is 0 Å². The molecule has 2 aromatic rings. The third kappa shape index (κ3) is 3.55. The van der Waals surface area contributed by atoms with Crippen molar-refractivity contribution in [2.24, 2.45) is 0 Å². The van der Waals surface area contributed by atoms with Crippen molar-refractivity contribution < 1.29 is 49.4 Å². The molecule has 0 aliphatic heterocycles. The Morgan fingerprint density at radius 2 is 1.30 bits per heavy atom. The van der Waals surface area contributed by atoms with Gasteiger partial charge in [-0.25, -0.2) is 30.7 Å². The number of carbonyl (C=O) groups is 1. The zero-order valence-corrected chi connectivity index (χ0v) is 13.8. The second-order valence-electron chi connectivity index (χ2n) is 4.84. The average molecular weight is 468 g/mol. The highest BCUT2D eigenvalue weighted by molar-refractivity contribution is 9.10. The Kier molecular flexibility index (Phi) is 5.37. The van der Waals surface area contributed by atoms with Crippen molar-refractivity contribution in [2.75, 3.05) is 5.32 Å². The van der Waals surface area contributed by atoms with Gasteiger partial charge in [-0.2, -0.15) is 8.78 Å². The Morgan fingerprint density at radius 1 is 0.852 bits per heavy atom. The molecule has 0 radical (unpaired) electrons. The van der Waals surface area contributed by atoms with Gasteiger partial charge in [0.25, 0.3) is 0 Å². The molecule has 0 heterocycles. The third-order valence-corrected chi connectivity index (χ3v) is 3.51. The fourth-order valence-corrected chi connectivity index (χ4v) is 2.06. The first-order chi connectivity index (χ1) is 12.3. The topological polar surface area (TPSA) is 49.3 Å². The summed E-state index contributed by atoms with van der Waals surface area (Å²) in [6, 6.07) is -0.0849. The molecular formula is C14H3BrF9NO2. The first-order valence-corrected chi connectivity index (χ1v) is 7.19. The minimum atomic E-state index is -4.30. The summed E-state index contributed by atoms with van der Waals surface area (Å²) < 4.78 is 121. The molecule has 27 heavy (non-hydrogen) atoms. The van der Waals surface area contributed by atoms with Gasteiger partial charge in [0.1, 0.15) is 17.3 Å². The number of halogens is 10. The van der Waals surface area contributed by atoms with E-state index in [9.17, 15) is 49.4 Å². The number of phenolic OH excluding ortho intramolecular Hbond substituents is 1. The van der Waals surface area contributed by atoms with Crippen molar-refractivity contribution in [3.8, 4) is 16.9 Å². The van der Waals surface area contributed by atoms with Crippen LogP contribution in [0.2, 0.25) is 0 Å². The molecule has 0 fully saturated rings. The molecule has 0 aromatic heterocycles. The summed E-state index contributed by atoms with van der Waals surface area (Å²) in [4.78, 5) is 6.86. The molecule has 0 aliphatic carbocycles. The van der Waals surface area contributed by atoms with Crippen molar-refractivity contribution in [1.29, 1.82) is 0 Å². The van der Waals surface area contributed by atoms with E-state index in [1.807, 2.05) is 0 Å². The lowest BCUT2D eigenvalue weighted by Gasteiger charge is -2.16. The monoisotopic (exact) mass is 467 g/mol. The lowest BCUT2D eigenvalue weighted by molar-refractivity contribution is -0.128. The summed E-state index contributed by atoms with van der Waals surface area (Å²) in [6.45, 7) is 0. The fraction of sp³-hybridized carbons (Fsp3) is 0.0714. The summed E-state index contributed by atoms with van der Waals surface area (Å²) in [7, 11) is 0. The molecule has 0 spiro atoms. The Bertz CT molecular complexity index is 930. The molecule has 0 saturated carbocycles. The first kappa shape index (κ1) is 20.9. The van der Waals surface area contributed by atoms with Crippen LogP contribution in [0.15, 0.2) is 6.07 Å². The fourth-order valence-electron chi connectivity index (χ4n) is 1.96. The number of aromatic hydroxyl groups is 1. The van der Waals surface area contributed by atoms with Crippen LogP contribution in [0.25, 0.3) is 11.1 Å². The molecule has 0 saturated heterocycles. The van der Waals surface area contributed by atoms with Crippen LogP contribution in [0.4, 0.5) is 45.2 Å². The molecule has 0 unspecified atom stereocenters. The maximum atomic E-state index is 14.4. The minimum Gasteiger partial charge on any atom is -0.506 e. The van der Waals surface area contributed by atoms with E-state index in [4.69, 9.17) is 0 Å². The Balaban J connectivity index is 2.81. The van der Waals surface area contributed by atoms with E-state index in [0.29, 0.717) is 0 Å². The average Bonchev–Trinajstić information content (AvgIpc) is 2.56. The van der Waals surface area contributed by atoms with Gasteiger partial charge in [0, 0.05) is 22.0 Å². The Morgan fingerprint density at radius 3 is 1.74 bits per heavy atom. The SMILES string of the molecule is O=C(Nc1c(O)cc(F)c(-c2c(F)c(F)c(F)c(F)c2F)c1F)C(F)(F)Br. The number of alkyl halides is 3. The summed E-state index contributed by atoms with van der Waals surface area (Å²) in [5, 5.41) is 10.5. The van der Waals surface area contributed by atoms with Crippen LogP contribution < -0.4 is 5.32 Å². The van der Waals surface area contributed by atoms with Gasteiger partial charge < -0.3 is 10.4 Å². The van der Waals surface area contributed by atoms with Crippen LogP contribution in [0.5, 0.6) is 5.75 Å². The third-order valence-electron chi connectivity index (χ3n) is 3.15. The van der Waals surface area contributed by atoms with Gasteiger partial charge in [-0.1, -0.05) is 0 Å². The van der Waals surface area contributed by atoms with Crippen LogP contribution in [-0.4, -0.2) is 15.8 Å². The van der Waals surface area contributed by atoms with E-state index >= 15 is 0 Å². The molecule has 2 rings (SSSR count). The van der Waals surface area contributed by atoms with Crippen LogP contribution in [-0.2, 0) is 4.79 Å². The summed E-state index contributed by atoms with van der Waals surface area (Å²) in [5.41, 5.74) is -5.55. The van der Waals surface area contributed by atoms with Crippen molar-refractivity contribution >= 4 is 27.5 Å². The van der Waals surface area contributed by atoms with Crippen molar-refractivity contribution in [1.82, 2.24) is 0 Å². The largest absolute Gasteiger partial charge is 0.506 e. The summed E-state index contributed by atoms with van der Waals surface area (Å²) >= 11 is 1.59. The molecule has 0 atom stereocenters. The molecule has 0 aliphatic rings. The summed E-state index contributed by atoms with van der Waals surface area (Å²) in [5.74, 6) is -21.0. The maximum Gasteiger partial charge on any atom is 0.378 e. The molecule has 0 bridgehead atoms. The number of phenols is 1. The minimum absolute atomic E-state index is 0.0849. The number of hydrogen-bond donors (Lipinski definition) is 2. The number of nitrogens with one attached hydrogen (secondary N) is 1. The zero-order chi connectivity index (χ0) is 20.8. The second-order valence-corrected chi connectivity index (χ2v) is 5.83. The lowest BCUT2D eigenvalue weighted by Crippen LogP contribution is -2.29. The molecule has 2 aromatic carbocycles. The van der Waals surface area contributed by atoms with Crippen molar-refractivity contribution in [3.05, 3.63) is 46.8 Å². The number of amides is 1. The predicted octanol–water partition coefficient (Wildman–Crippen LogP) is 4.96. The smallest absolute Gasteiger partial charge is 0.378 e. The zero-order valence-electron chi connectivity index (χ0n) is 12.2. The normalized spacial score (nSPS) is 11.6. The van der Waals surface area contributed by atoms with Gasteiger partial charge in [0.05, 0.1) is 11.1 Å². The molecule has 1 amide bonds. The van der Waals surface area contributed by atoms with Crippen molar-refractivity contribution in [2.45, 2.75) is 4.83 Å². The van der Waals surface area contributed by atoms with E-state index in [2.05, 4.69) is 0 Å². The lowest BCUT2D eigenvalue weighted by atomic mass is 10.0. The van der Waals surface area contributed by atoms with Gasteiger partial charge >= 0.3 is 10.7 Å². The molecule has 2 N–H and O–H groups in total. The van der Waals surface area contributed by atoms with Crippen LogP contribution >= 0.6 is 15.9 Å². The number of hydrogen-bond acceptors (Lipinski definition) is 2. The van der Waals surface area contributed by atoms with E-state index in [-0.39, 0.29) is 6.07 Å². The quantitative estimate of drug-likeness (QED) is 0.220. The maximum absolute atomic E-state index is 14.4. The van der Waals surface area contributed by atoms with E-state index in [1.54, 1.807) is 15.9 Å². The highest BCUT2D eigenvalue weighted by Crippen LogP contribution is 2.41. The van der Waals surface area contributed by atoms with Crippen LogP contribution in [0.1, 0.15) is 0 Å². The van der Waals surface area contributed by atoms with Gasteiger partial charge in [-0.3, -0.25) is 4.79 Å². The second kappa shape index (κ2) is 6.94. The van der Waals surface area contributed by atoms with Gasteiger partial charge in [0.2, 0.25) is 5.82 Å². The Hall–Kier alpha value is -2.44. The van der Waals surface area contributed by atoms with Crippen LogP contribution in [0.3, 0.4) is 0 Å². The Labute approximate surface area is 151 Å². The number of benzene rings is 2. The van der Waals surface area contributed by atoms with E-state index < -0.39 is 74.0 Å².